The van der Waals surface area contributed by atoms with E-state index in [0.29, 0.717) is 0 Å². The summed E-state index contributed by atoms with van der Waals surface area (Å²) in [6, 6.07) is 5.92. The summed E-state index contributed by atoms with van der Waals surface area (Å²) >= 11 is 0. The van der Waals surface area contributed by atoms with E-state index in [9.17, 15) is 9.90 Å². The van der Waals surface area contributed by atoms with Crippen LogP contribution in [0.1, 0.15) is 29.5 Å². The number of aliphatic imine (C=N–C) groups is 1. The quantitative estimate of drug-likeness (QED) is 0.792. The molecule has 1 aliphatic carbocycles. The van der Waals surface area contributed by atoms with E-state index in [1.807, 2.05) is 24.4 Å². The molecule has 1 N–H and O–H groups in total. The van der Waals surface area contributed by atoms with Gasteiger partial charge in [-0.2, -0.15) is 0 Å². The Bertz CT molecular complexity index is 473. The van der Waals surface area contributed by atoms with E-state index in [1.54, 1.807) is 0 Å². The Morgan fingerprint density at radius 2 is 2.20 bits per heavy atom. The fourth-order valence-electron chi connectivity index (χ4n) is 2.15. The number of carboxylic acid groups (broad SMARTS) is 1. The molecule has 76 valence electrons. The molecule has 0 bridgehead atoms. The molecule has 0 aromatic heterocycles. The first kappa shape index (κ1) is 8.65. The lowest BCUT2D eigenvalue weighted by atomic mass is 9.93. The van der Waals surface area contributed by atoms with Crippen molar-refractivity contribution in [2.75, 3.05) is 0 Å². The van der Waals surface area contributed by atoms with Crippen molar-refractivity contribution in [2.24, 2.45) is 4.99 Å². The zero-order valence-electron chi connectivity index (χ0n) is 8.23. The molecule has 3 rings (SSSR count). The molecule has 0 atom stereocenters. The van der Waals surface area contributed by atoms with Crippen LogP contribution >= 0.6 is 0 Å². The van der Waals surface area contributed by atoms with Crippen molar-refractivity contribution in [3.8, 4) is 0 Å². The topological polar surface area (TPSA) is 49.7 Å². The highest BCUT2D eigenvalue weighted by atomic mass is 16.4. The third-order valence-corrected chi connectivity index (χ3v) is 3.35. The van der Waals surface area contributed by atoms with E-state index < -0.39 is 11.4 Å². The van der Waals surface area contributed by atoms with Gasteiger partial charge in [-0.05, 0) is 35.6 Å². The smallest absolute Gasteiger partial charge is 0.314 e. The monoisotopic (exact) mass is 201 g/mol. The van der Waals surface area contributed by atoms with Crippen LogP contribution in [0.15, 0.2) is 23.2 Å². The molecule has 1 fully saturated rings. The van der Waals surface area contributed by atoms with Crippen LogP contribution in [0.4, 0.5) is 0 Å². The van der Waals surface area contributed by atoms with Gasteiger partial charge in [-0.25, -0.2) is 0 Å². The number of benzene rings is 1. The van der Waals surface area contributed by atoms with E-state index in [-0.39, 0.29) is 0 Å². The molecule has 0 saturated heterocycles. The lowest BCUT2D eigenvalue weighted by molar-refractivity contribution is -0.140. The summed E-state index contributed by atoms with van der Waals surface area (Å²) in [6.45, 7) is 0.732. The first-order valence-corrected chi connectivity index (χ1v) is 5.09. The Hall–Kier alpha value is -1.64. The van der Waals surface area contributed by atoms with Crippen LogP contribution in [0.2, 0.25) is 0 Å². The number of nitrogens with zero attached hydrogens (tertiary/aromatic N) is 1. The Kier molecular flexibility index (Phi) is 1.55. The molecule has 3 heteroatoms. The van der Waals surface area contributed by atoms with Crippen LogP contribution in [-0.2, 0) is 16.8 Å². The molecule has 1 heterocycles. The highest BCUT2D eigenvalue weighted by Gasteiger charge is 2.51. The second kappa shape index (κ2) is 2.69. The summed E-state index contributed by atoms with van der Waals surface area (Å²) in [7, 11) is 0. The van der Waals surface area contributed by atoms with Crippen molar-refractivity contribution in [1.29, 1.82) is 0 Å². The normalized spacial score (nSPS) is 20.0. The van der Waals surface area contributed by atoms with E-state index in [0.717, 1.165) is 30.5 Å². The summed E-state index contributed by atoms with van der Waals surface area (Å²) in [4.78, 5) is 15.3. The molecule has 1 saturated carbocycles. The molecular weight excluding hydrogens is 190 g/mol. The second-order valence-electron chi connectivity index (χ2n) is 4.27. The standard InChI is InChI=1S/C12H11NO2/c14-11(15)12(3-4-12)10-2-1-8-6-13-7-9(8)5-10/h1-2,5,7H,3-4,6H2,(H,14,15). The van der Waals surface area contributed by atoms with Gasteiger partial charge < -0.3 is 5.11 Å². The van der Waals surface area contributed by atoms with Crippen LogP contribution in [0.5, 0.6) is 0 Å². The number of aliphatic carboxylic acids is 1. The predicted molar refractivity (Wildman–Crippen MR) is 56.3 cm³/mol. The lowest BCUT2D eigenvalue weighted by Crippen LogP contribution is -2.19. The zero-order valence-corrected chi connectivity index (χ0v) is 8.23. The number of hydrogen-bond acceptors (Lipinski definition) is 2. The van der Waals surface area contributed by atoms with Crippen LogP contribution in [0.3, 0.4) is 0 Å². The van der Waals surface area contributed by atoms with Crippen molar-refractivity contribution in [2.45, 2.75) is 24.8 Å². The maximum absolute atomic E-state index is 11.2. The fourth-order valence-corrected chi connectivity index (χ4v) is 2.15. The van der Waals surface area contributed by atoms with Crippen molar-refractivity contribution in [1.82, 2.24) is 0 Å². The molecule has 1 aromatic carbocycles. The average Bonchev–Trinajstić information content (AvgIpc) is 2.91. The third kappa shape index (κ3) is 1.12. The highest BCUT2D eigenvalue weighted by Crippen LogP contribution is 2.48. The number of carbonyl (C=O) groups is 1. The minimum Gasteiger partial charge on any atom is -0.481 e. The maximum atomic E-state index is 11.2. The molecule has 0 unspecified atom stereocenters. The third-order valence-electron chi connectivity index (χ3n) is 3.35. The molecule has 3 nitrogen and oxygen atoms in total. The van der Waals surface area contributed by atoms with Crippen molar-refractivity contribution >= 4 is 12.2 Å². The van der Waals surface area contributed by atoms with Gasteiger partial charge in [0.05, 0.1) is 12.0 Å². The zero-order chi connectivity index (χ0) is 10.5. The molecule has 1 aliphatic heterocycles. The van der Waals surface area contributed by atoms with Gasteiger partial charge in [0, 0.05) is 6.21 Å². The second-order valence-corrected chi connectivity index (χ2v) is 4.27. The minimum absolute atomic E-state index is 0.592. The predicted octanol–water partition coefficient (Wildman–Crippen LogP) is 1.74. The van der Waals surface area contributed by atoms with Crippen LogP contribution in [0, 0.1) is 0 Å². The van der Waals surface area contributed by atoms with E-state index in [2.05, 4.69) is 4.99 Å². The lowest BCUT2D eigenvalue weighted by Gasteiger charge is -2.11. The molecular formula is C12H11NO2. The summed E-state index contributed by atoms with van der Waals surface area (Å²) in [6.07, 6.45) is 3.35. The Balaban J connectivity index is 2.07. The maximum Gasteiger partial charge on any atom is 0.314 e. The van der Waals surface area contributed by atoms with Crippen molar-refractivity contribution < 1.29 is 9.90 Å². The van der Waals surface area contributed by atoms with Crippen molar-refractivity contribution in [3.05, 3.63) is 34.9 Å². The van der Waals surface area contributed by atoms with Gasteiger partial charge in [-0.1, -0.05) is 12.1 Å². The molecule has 15 heavy (non-hydrogen) atoms. The number of fused-ring (bicyclic) bond motifs is 1. The summed E-state index contributed by atoms with van der Waals surface area (Å²) in [5.41, 5.74) is 2.62. The van der Waals surface area contributed by atoms with E-state index in [1.165, 1.54) is 5.56 Å². The van der Waals surface area contributed by atoms with Gasteiger partial charge >= 0.3 is 5.97 Å². The molecule has 0 amide bonds. The van der Waals surface area contributed by atoms with E-state index in [4.69, 9.17) is 0 Å². The Labute approximate surface area is 87.5 Å². The van der Waals surface area contributed by atoms with Gasteiger partial charge in [0.2, 0.25) is 0 Å². The highest BCUT2D eigenvalue weighted by molar-refractivity contribution is 5.88. The Morgan fingerprint density at radius 3 is 2.87 bits per heavy atom. The van der Waals surface area contributed by atoms with E-state index >= 15 is 0 Å². The van der Waals surface area contributed by atoms with Crippen LogP contribution in [0.25, 0.3) is 0 Å². The van der Waals surface area contributed by atoms with Gasteiger partial charge in [0.1, 0.15) is 0 Å². The van der Waals surface area contributed by atoms with Gasteiger partial charge in [0.15, 0.2) is 0 Å². The van der Waals surface area contributed by atoms with Crippen LogP contribution in [-0.4, -0.2) is 17.3 Å². The summed E-state index contributed by atoms with van der Waals surface area (Å²) in [5.74, 6) is -0.697. The molecule has 2 aliphatic rings. The number of carboxylic acids is 1. The molecule has 0 radical (unpaired) electrons. The fraction of sp³-hybridized carbons (Fsp3) is 0.333. The number of hydrogen-bond donors (Lipinski definition) is 1. The van der Waals surface area contributed by atoms with Gasteiger partial charge in [-0.3, -0.25) is 9.79 Å². The minimum atomic E-state index is -0.697. The number of rotatable bonds is 2. The molecule has 0 spiro atoms. The molecule has 1 aromatic rings. The SMILES string of the molecule is O=C(O)C1(c2ccc3c(c2)C=NC3)CC1. The van der Waals surface area contributed by atoms with Gasteiger partial charge in [0.25, 0.3) is 0 Å². The summed E-state index contributed by atoms with van der Waals surface area (Å²) < 4.78 is 0. The van der Waals surface area contributed by atoms with Crippen LogP contribution < -0.4 is 0 Å². The van der Waals surface area contributed by atoms with Gasteiger partial charge in [-0.15, -0.1) is 0 Å². The summed E-state index contributed by atoms with van der Waals surface area (Å²) in [5, 5.41) is 9.17. The first-order valence-electron chi connectivity index (χ1n) is 5.09. The Morgan fingerprint density at radius 1 is 1.40 bits per heavy atom. The average molecular weight is 201 g/mol. The first-order chi connectivity index (χ1) is 7.22. The van der Waals surface area contributed by atoms with Crippen molar-refractivity contribution in [3.63, 3.8) is 0 Å². The largest absolute Gasteiger partial charge is 0.481 e.